The maximum atomic E-state index is 13.1. The molecule has 1 aromatic carbocycles. The smallest absolute Gasteiger partial charge is 0.233 e. The number of hydrogen-bond donors (Lipinski definition) is 0. The number of benzene rings is 1. The number of thioether (sulfide) groups is 1. The number of hydrogen-bond acceptors (Lipinski definition) is 6. The van der Waals surface area contributed by atoms with Crippen LogP contribution in [0.5, 0.6) is 0 Å². The van der Waals surface area contributed by atoms with Crippen molar-refractivity contribution < 1.29 is 9.59 Å². The van der Waals surface area contributed by atoms with Gasteiger partial charge in [0.2, 0.25) is 11.8 Å². The van der Waals surface area contributed by atoms with Crippen molar-refractivity contribution in [3.05, 3.63) is 47.8 Å². The van der Waals surface area contributed by atoms with E-state index in [-0.39, 0.29) is 29.5 Å². The molecule has 1 unspecified atom stereocenters. The molecule has 180 valence electrons. The van der Waals surface area contributed by atoms with Gasteiger partial charge < -0.3 is 9.80 Å². The summed E-state index contributed by atoms with van der Waals surface area (Å²) in [6.45, 7) is 7.23. The van der Waals surface area contributed by atoms with Gasteiger partial charge in [-0.05, 0) is 44.4 Å². The Hall–Kier alpha value is -2.36. The molecule has 3 aromatic rings. The zero-order chi connectivity index (χ0) is 24.3. The number of thiophene rings is 1. The van der Waals surface area contributed by atoms with E-state index in [0.717, 1.165) is 16.4 Å². The number of carbonyl (C=O) groups excluding carboxylic acids is 2. The first-order chi connectivity index (χ1) is 16.3. The van der Waals surface area contributed by atoms with Crippen LogP contribution in [0.3, 0.4) is 0 Å². The fourth-order valence-electron chi connectivity index (χ4n) is 3.89. The van der Waals surface area contributed by atoms with E-state index in [4.69, 9.17) is 11.6 Å². The van der Waals surface area contributed by atoms with E-state index in [1.807, 2.05) is 83.0 Å². The minimum atomic E-state index is -0.611. The average molecular weight is 518 g/mol. The largest absolute Gasteiger partial charge is 0.338 e. The Morgan fingerprint density at radius 3 is 2.56 bits per heavy atom. The highest BCUT2D eigenvalue weighted by Crippen LogP contribution is 2.31. The number of para-hydroxylation sites is 1. The van der Waals surface area contributed by atoms with Gasteiger partial charge in [0, 0.05) is 37.2 Å². The summed E-state index contributed by atoms with van der Waals surface area (Å²) in [5.41, 5.74) is 0.341. The van der Waals surface area contributed by atoms with Gasteiger partial charge >= 0.3 is 0 Å². The number of halogens is 1. The number of rotatable bonds is 7. The van der Waals surface area contributed by atoms with Crippen LogP contribution in [0.2, 0.25) is 0 Å². The van der Waals surface area contributed by atoms with E-state index in [2.05, 4.69) is 10.2 Å². The first-order valence-electron chi connectivity index (χ1n) is 11.1. The molecule has 7 nitrogen and oxygen atoms in total. The van der Waals surface area contributed by atoms with Gasteiger partial charge in [-0.1, -0.05) is 36.0 Å². The van der Waals surface area contributed by atoms with Crippen LogP contribution in [0.1, 0.15) is 20.8 Å². The Kier molecular flexibility index (Phi) is 7.64. The summed E-state index contributed by atoms with van der Waals surface area (Å²) >= 11 is 8.98. The quantitative estimate of drug-likeness (QED) is 0.343. The molecule has 10 heteroatoms. The maximum Gasteiger partial charge on any atom is 0.233 e. The van der Waals surface area contributed by atoms with Crippen molar-refractivity contribution in [2.24, 2.45) is 5.41 Å². The van der Waals surface area contributed by atoms with Crippen LogP contribution >= 0.6 is 34.7 Å². The van der Waals surface area contributed by atoms with Gasteiger partial charge in [-0.3, -0.25) is 14.2 Å². The average Bonchev–Trinajstić information content (AvgIpc) is 3.52. The molecule has 0 spiro atoms. The summed E-state index contributed by atoms with van der Waals surface area (Å²) in [7, 11) is 0. The van der Waals surface area contributed by atoms with E-state index in [1.54, 1.807) is 11.3 Å². The third kappa shape index (κ3) is 5.16. The fraction of sp³-hybridized carbons (Fsp3) is 0.417. The monoisotopic (exact) mass is 517 g/mol. The van der Waals surface area contributed by atoms with Crippen LogP contribution in [0.15, 0.2) is 53.0 Å². The Morgan fingerprint density at radius 2 is 1.91 bits per heavy atom. The number of nitrogens with zero attached hydrogens (tertiary/aromatic N) is 5. The number of piperazine rings is 1. The van der Waals surface area contributed by atoms with Gasteiger partial charge in [-0.25, -0.2) is 0 Å². The number of carbonyl (C=O) groups is 2. The van der Waals surface area contributed by atoms with Crippen molar-refractivity contribution in [3.8, 4) is 16.4 Å². The first-order valence-corrected chi connectivity index (χ1v) is 13.5. The minimum absolute atomic E-state index is 0.0286. The van der Waals surface area contributed by atoms with Gasteiger partial charge in [0.15, 0.2) is 11.0 Å². The Bertz CT molecular complexity index is 1130. The fourth-order valence-corrected chi connectivity index (χ4v) is 5.56. The number of alkyl halides is 1. The Morgan fingerprint density at radius 1 is 1.15 bits per heavy atom. The van der Waals surface area contributed by atoms with E-state index < -0.39 is 5.41 Å². The third-order valence-corrected chi connectivity index (χ3v) is 8.32. The molecule has 3 heterocycles. The third-order valence-electron chi connectivity index (χ3n) is 5.87. The molecule has 0 N–H and O–H groups in total. The first kappa shape index (κ1) is 24.8. The second kappa shape index (κ2) is 10.5. The number of amides is 2. The van der Waals surface area contributed by atoms with E-state index in [1.165, 1.54) is 11.8 Å². The van der Waals surface area contributed by atoms with E-state index in [9.17, 15) is 9.59 Å². The van der Waals surface area contributed by atoms with Gasteiger partial charge in [0.25, 0.3) is 0 Å². The highest BCUT2D eigenvalue weighted by atomic mass is 35.5. The van der Waals surface area contributed by atoms with Gasteiger partial charge in [-0.15, -0.1) is 33.1 Å². The zero-order valence-electron chi connectivity index (χ0n) is 19.5. The second-order valence-corrected chi connectivity index (χ2v) is 11.1. The van der Waals surface area contributed by atoms with E-state index >= 15 is 0 Å². The second-order valence-electron chi connectivity index (χ2n) is 8.95. The van der Waals surface area contributed by atoms with Crippen molar-refractivity contribution in [1.82, 2.24) is 24.6 Å². The SMILES string of the molecule is CC1CN(C(=O)CSc2nnc(-c3cccs3)n2-c2ccccc2)CCN1C(=O)C(C)(C)CCl. The van der Waals surface area contributed by atoms with Crippen molar-refractivity contribution in [3.63, 3.8) is 0 Å². The standard InChI is InChI=1S/C24H28ClN5O2S2/c1-17-14-28(11-12-29(17)22(32)24(2,3)16-25)20(31)15-34-23-27-26-21(19-10-7-13-33-19)30(23)18-8-5-4-6-9-18/h4-10,13,17H,11-12,14-16H2,1-3H3. The lowest BCUT2D eigenvalue weighted by Crippen LogP contribution is -2.58. The van der Waals surface area contributed by atoms with Crippen molar-refractivity contribution in [1.29, 1.82) is 0 Å². The Balaban J connectivity index is 1.45. The predicted molar refractivity (Wildman–Crippen MR) is 138 cm³/mol. The van der Waals surface area contributed by atoms with Crippen LogP contribution < -0.4 is 0 Å². The van der Waals surface area contributed by atoms with Gasteiger partial charge in [0.1, 0.15) is 0 Å². The highest BCUT2D eigenvalue weighted by Gasteiger charge is 2.37. The summed E-state index contributed by atoms with van der Waals surface area (Å²) in [6, 6.07) is 13.9. The van der Waals surface area contributed by atoms with Crippen LogP contribution in [-0.2, 0) is 9.59 Å². The topological polar surface area (TPSA) is 71.3 Å². The van der Waals surface area contributed by atoms with Crippen LogP contribution in [0.4, 0.5) is 0 Å². The molecule has 0 saturated carbocycles. The summed E-state index contributed by atoms with van der Waals surface area (Å²) in [5.74, 6) is 1.35. The lowest BCUT2D eigenvalue weighted by molar-refractivity contribution is -0.147. The van der Waals surface area contributed by atoms with Crippen LogP contribution in [0.25, 0.3) is 16.4 Å². The summed E-state index contributed by atoms with van der Waals surface area (Å²) < 4.78 is 2.00. The molecule has 0 aliphatic carbocycles. The van der Waals surface area contributed by atoms with Gasteiger partial charge in [0.05, 0.1) is 16.0 Å². The lowest BCUT2D eigenvalue weighted by atomic mass is 9.93. The molecule has 4 rings (SSSR count). The molecular weight excluding hydrogens is 490 g/mol. The molecule has 1 saturated heterocycles. The Labute approximate surface area is 213 Å². The van der Waals surface area contributed by atoms with Gasteiger partial charge in [-0.2, -0.15) is 0 Å². The molecule has 1 atom stereocenters. The zero-order valence-corrected chi connectivity index (χ0v) is 21.9. The lowest BCUT2D eigenvalue weighted by Gasteiger charge is -2.42. The maximum absolute atomic E-state index is 13.1. The van der Waals surface area contributed by atoms with E-state index in [0.29, 0.717) is 24.8 Å². The molecule has 0 radical (unpaired) electrons. The molecule has 0 bridgehead atoms. The van der Waals surface area contributed by atoms with Crippen LogP contribution in [0, 0.1) is 5.41 Å². The summed E-state index contributed by atoms with van der Waals surface area (Å²) in [6.07, 6.45) is 0. The molecule has 1 aliphatic heterocycles. The van der Waals surface area contributed by atoms with Crippen molar-refractivity contribution in [2.75, 3.05) is 31.3 Å². The highest BCUT2D eigenvalue weighted by molar-refractivity contribution is 7.99. The van der Waals surface area contributed by atoms with Crippen molar-refractivity contribution >= 4 is 46.5 Å². The minimum Gasteiger partial charge on any atom is -0.338 e. The molecule has 2 amide bonds. The number of aromatic nitrogens is 3. The predicted octanol–water partition coefficient (Wildman–Crippen LogP) is 4.41. The molecule has 1 aliphatic rings. The summed E-state index contributed by atoms with van der Waals surface area (Å²) in [5, 5.41) is 11.5. The van der Waals surface area contributed by atoms with Crippen LogP contribution in [-0.4, -0.2) is 73.7 Å². The molecule has 2 aromatic heterocycles. The van der Waals surface area contributed by atoms with Crippen molar-refractivity contribution in [2.45, 2.75) is 32.0 Å². The molecule has 1 fully saturated rings. The summed E-state index contributed by atoms with van der Waals surface area (Å²) in [4.78, 5) is 30.6. The molecule has 34 heavy (non-hydrogen) atoms. The molecular formula is C24H28ClN5O2S2. The normalized spacial score (nSPS) is 16.6.